The van der Waals surface area contributed by atoms with Crippen LogP contribution in [0.2, 0.25) is 5.02 Å². The first-order valence-corrected chi connectivity index (χ1v) is 8.66. The van der Waals surface area contributed by atoms with Crippen LogP contribution < -0.4 is 5.32 Å². The smallest absolute Gasteiger partial charge is 0.224 e. The molecule has 1 rings (SSSR count). The third-order valence-corrected chi connectivity index (χ3v) is 4.20. The van der Waals surface area contributed by atoms with Crippen molar-refractivity contribution >= 4 is 39.1 Å². The number of anilines is 1. The molecular formula is C16H22BrClFNO. The van der Waals surface area contributed by atoms with Gasteiger partial charge in [-0.05, 0) is 34.5 Å². The number of carbonyl (C=O) groups excluding carboxylic acids is 1. The maximum absolute atomic E-state index is 13.1. The molecule has 0 fully saturated rings. The van der Waals surface area contributed by atoms with Gasteiger partial charge in [0.05, 0.1) is 10.7 Å². The van der Waals surface area contributed by atoms with Gasteiger partial charge in [-0.2, -0.15) is 0 Å². The molecule has 0 aliphatic carbocycles. The van der Waals surface area contributed by atoms with Crippen molar-refractivity contribution in [2.45, 2.75) is 58.3 Å². The second-order valence-electron chi connectivity index (χ2n) is 5.16. The van der Waals surface area contributed by atoms with Crippen molar-refractivity contribution in [3.8, 4) is 0 Å². The molecule has 0 saturated heterocycles. The largest absolute Gasteiger partial charge is 0.324 e. The Morgan fingerprint density at radius 1 is 1.19 bits per heavy atom. The molecule has 1 N–H and O–H groups in total. The molecule has 0 aromatic heterocycles. The Kier molecular flexibility index (Phi) is 8.93. The Morgan fingerprint density at radius 2 is 1.81 bits per heavy atom. The van der Waals surface area contributed by atoms with Gasteiger partial charge in [0.1, 0.15) is 5.82 Å². The molecule has 0 saturated carbocycles. The Balaban J connectivity index is 2.28. The number of amides is 1. The molecule has 0 aliphatic heterocycles. The van der Waals surface area contributed by atoms with Crippen LogP contribution >= 0.6 is 27.5 Å². The fourth-order valence-corrected chi connectivity index (χ4v) is 3.01. The number of hydrogen-bond acceptors (Lipinski definition) is 1. The van der Waals surface area contributed by atoms with Gasteiger partial charge in [-0.25, -0.2) is 4.39 Å². The fraction of sp³-hybridized carbons (Fsp3) is 0.562. The summed E-state index contributed by atoms with van der Waals surface area (Å²) in [7, 11) is 0. The van der Waals surface area contributed by atoms with Crippen molar-refractivity contribution in [2.75, 3.05) is 5.32 Å². The molecule has 1 aromatic rings. The zero-order chi connectivity index (χ0) is 15.7. The second-order valence-corrected chi connectivity index (χ2v) is 6.43. The van der Waals surface area contributed by atoms with E-state index in [4.69, 9.17) is 11.6 Å². The average molecular weight is 379 g/mol. The van der Waals surface area contributed by atoms with Crippen molar-refractivity contribution in [1.82, 2.24) is 0 Å². The van der Waals surface area contributed by atoms with E-state index in [0.29, 0.717) is 16.6 Å². The van der Waals surface area contributed by atoms with Crippen LogP contribution in [0, 0.1) is 5.82 Å². The van der Waals surface area contributed by atoms with Crippen LogP contribution in [0.4, 0.5) is 10.1 Å². The third-order valence-electron chi connectivity index (χ3n) is 3.28. The van der Waals surface area contributed by atoms with Crippen molar-refractivity contribution < 1.29 is 9.18 Å². The maximum Gasteiger partial charge on any atom is 0.224 e. The number of hydrogen-bond donors (Lipinski definition) is 1. The summed E-state index contributed by atoms with van der Waals surface area (Å²) in [5.74, 6) is -0.519. The van der Waals surface area contributed by atoms with E-state index in [1.807, 2.05) is 0 Å². The van der Waals surface area contributed by atoms with Gasteiger partial charge in [0.15, 0.2) is 0 Å². The van der Waals surface area contributed by atoms with Crippen LogP contribution in [0.3, 0.4) is 0 Å². The fourth-order valence-electron chi connectivity index (χ4n) is 2.11. The molecule has 0 bridgehead atoms. The minimum atomic E-state index is -0.433. The third kappa shape index (κ3) is 7.28. The quantitative estimate of drug-likeness (QED) is 0.500. The van der Waals surface area contributed by atoms with Crippen LogP contribution in [-0.2, 0) is 4.79 Å². The minimum Gasteiger partial charge on any atom is -0.324 e. The van der Waals surface area contributed by atoms with Crippen molar-refractivity contribution in [3.63, 3.8) is 0 Å². The van der Waals surface area contributed by atoms with E-state index in [1.54, 1.807) is 0 Å². The Labute approximate surface area is 139 Å². The number of carbonyl (C=O) groups is 1. The molecule has 118 valence electrons. The summed E-state index contributed by atoms with van der Waals surface area (Å²) in [6, 6.07) is 2.48. The number of benzene rings is 1. The first kappa shape index (κ1) is 18.4. The number of unbranched alkanes of at least 4 members (excludes halogenated alkanes) is 6. The van der Waals surface area contributed by atoms with Gasteiger partial charge in [-0.15, -0.1) is 0 Å². The predicted octanol–water partition coefficient (Wildman–Crippen LogP) is 6.32. The van der Waals surface area contributed by atoms with Gasteiger partial charge < -0.3 is 5.32 Å². The van der Waals surface area contributed by atoms with Crippen molar-refractivity contribution in [3.05, 3.63) is 27.4 Å². The van der Waals surface area contributed by atoms with E-state index >= 15 is 0 Å². The maximum atomic E-state index is 13.1. The minimum absolute atomic E-state index is 0.0854. The van der Waals surface area contributed by atoms with Crippen LogP contribution in [0.25, 0.3) is 0 Å². The standard InChI is InChI=1S/C16H22BrClFNO/c1-2-3-4-5-6-7-8-9-15(21)20-16-13(17)10-12(19)11-14(16)18/h10-11H,2-9H2,1H3,(H,20,21). The van der Waals surface area contributed by atoms with Gasteiger partial charge in [0, 0.05) is 10.9 Å². The number of rotatable bonds is 9. The molecule has 0 atom stereocenters. The molecule has 0 radical (unpaired) electrons. The highest BCUT2D eigenvalue weighted by atomic mass is 79.9. The first-order valence-electron chi connectivity index (χ1n) is 7.49. The van der Waals surface area contributed by atoms with E-state index in [2.05, 4.69) is 28.2 Å². The van der Waals surface area contributed by atoms with Gasteiger partial charge in [-0.1, -0.05) is 57.0 Å². The van der Waals surface area contributed by atoms with E-state index in [1.165, 1.54) is 44.2 Å². The molecule has 5 heteroatoms. The van der Waals surface area contributed by atoms with Gasteiger partial charge in [0.2, 0.25) is 5.91 Å². The Hall–Kier alpha value is -0.610. The van der Waals surface area contributed by atoms with E-state index in [9.17, 15) is 9.18 Å². The lowest BCUT2D eigenvalue weighted by molar-refractivity contribution is -0.116. The van der Waals surface area contributed by atoms with Gasteiger partial charge in [-0.3, -0.25) is 4.79 Å². The van der Waals surface area contributed by atoms with Crippen LogP contribution in [0.1, 0.15) is 58.3 Å². The second kappa shape index (κ2) is 10.2. The lowest BCUT2D eigenvalue weighted by Gasteiger charge is -2.09. The van der Waals surface area contributed by atoms with Crippen LogP contribution in [0.15, 0.2) is 16.6 Å². The SMILES string of the molecule is CCCCCCCCCC(=O)Nc1c(Cl)cc(F)cc1Br. The topological polar surface area (TPSA) is 29.1 Å². The number of halogens is 3. The molecule has 21 heavy (non-hydrogen) atoms. The van der Waals surface area contributed by atoms with Crippen LogP contribution in [-0.4, -0.2) is 5.91 Å². The molecule has 1 amide bonds. The summed E-state index contributed by atoms with van der Waals surface area (Å²) in [4.78, 5) is 11.9. The van der Waals surface area contributed by atoms with Crippen molar-refractivity contribution in [2.24, 2.45) is 0 Å². The molecule has 0 heterocycles. The zero-order valence-corrected chi connectivity index (χ0v) is 14.7. The average Bonchev–Trinajstić information content (AvgIpc) is 2.42. The van der Waals surface area contributed by atoms with E-state index < -0.39 is 5.82 Å². The highest BCUT2D eigenvalue weighted by molar-refractivity contribution is 9.10. The summed E-state index contributed by atoms with van der Waals surface area (Å²) in [5, 5.41) is 2.94. The summed E-state index contributed by atoms with van der Waals surface area (Å²) < 4.78 is 13.6. The highest BCUT2D eigenvalue weighted by Crippen LogP contribution is 2.31. The zero-order valence-electron chi connectivity index (χ0n) is 12.4. The summed E-state index contributed by atoms with van der Waals surface area (Å²) >= 11 is 9.13. The lowest BCUT2D eigenvalue weighted by Crippen LogP contribution is -2.12. The Bertz CT molecular complexity index is 445. The van der Waals surface area contributed by atoms with Crippen LogP contribution in [0.5, 0.6) is 0 Å². The van der Waals surface area contributed by atoms with E-state index in [0.717, 1.165) is 12.8 Å². The molecule has 0 spiro atoms. The lowest BCUT2D eigenvalue weighted by atomic mass is 10.1. The summed E-state index contributed by atoms with van der Waals surface area (Å²) in [6.07, 6.45) is 8.63. The molecule has 0 unspecified atom stereocenters. The summed E-state index contributed by atoms with van der Waals surface area (Å²) in [6.45, 7) is 2.20. The molecule has 2 nitrogen and oxygen atoms in total. The van der Waals surface area contributed by atoms with Crippen molar-refractivity contribution in [1.29, 1.82) is 0 Å². The highest BCUT2D eigenvalue weighted by Gasteiger charge is 2.11. The molecule has 1 aromatic carbocycles. The molecular weight excluding hydrogens is 357 g/mol. The number of nitrogens with one attached hydrogen (secondary N) is 1. The molecule has 0 aliphatic rings. The Morgan fingerprint density at radius 3 is 2.43 bits per heavy atom. The summed E-state index contributed by atoms with van der Waals surface area (Å²) in [5.41, 5.74) is 0.436. The van der Waals surface area contributed by atoms with Gasteiger partial charge in [0.25, 0.3) is 0 Å². The van der Waals surface area contributed by atoms with Gasteiger partial charge >= 0.3 is 0 Å². The predicted molar refractivity (Wildman–Crippen MR) is 90.3 cm³/mol. The normalized spacial score (nSPS) is 10.7. The first-order chi connectivity index (χ1) is 10.0. The monoisotopic (exact) mass is 377 g/mol. The van der Waals surface area contributed by atoms with E-state index in [-0.39, 0.29) is 10.9 Å².